The number of aromatic nitrogens is 2. The summed E-state index contributed by atoms with van der Waals surface area (Å²) < 4.78 is 2.95. The SMILES string of the molecule is CCc1ccc(-c2nc3ccc(Br)cn3c2CC#N)cc1. The molecule has 1 aromatic carbocycles. The van der Waals surface area contributed by atoms with Gasteiger partial charge in [0, 0.05) is 16.2 Å². The summed E-state index contributed by atoms with van der Waals surface area (Å²) in [6, 6.07) is 14.5. The maximum absolute atomic E-state index is 9.12. The molecule has 0 radical (unpaired) electrons. The van der Waals surface area contributed by atoms with Crippen LogP contribution in [0.4, 0.5) is 0 Å². The lowest BCUT2D eigenvalue weighted by molar-refractivity contribution is 1.05. The average Bonchev–Trinajstić information content (AvgIpc) is 2.86. The van der Waals surface area contributed by atoms with E-state index >= 15 is 0 Å². The number of fused-ring (bicyclic) bond motifs is 1. The Morgan fingerprint density at radius 1 is 1.19 bits per heavy atom. The van der Waals surface area contributed by atoms with Crippen molar-refractivity contribution in [2.45, 2.75) is 19.8 Å². The number of hydrogen-bond acceptors (Lipinski definition) is 2. The smallest absolute Gasteiger partial charge is 0.137 e. The van der Waals surface area contributed by atoms with Crippen LogP contribution in [0.3, 0.4) is 0 Å². The Kier molecular flexibility index (Phi) is 3.76. The molecule has 0 aliphatic carbocycles. The molecule has 0 fully saturated rings. The molecule has 0 aliphatic rings. The summed E-state index contributed by atoms with van der Waals surface area (Å²) in [4.78, 5) is 4.69. The molecule has 0 unspecified atom stereocenters. The van der Waals surface area contributed by atoms with Crippen LogP contribution in [0, 0.1) is 11.3 Å². The van der Waals surface area contributed by atoms with E-state index < -0.39 is 0 Å². The Morgan fingerprint density at radius 2 is 1.95 bits per heavy atom. The molecule has 3 rings (SSSR count). The van der Waals surface area contributed by atoms with Gasteiger partial charge < -0.3 is 4.40 Å². The van der Waals surface area contributed by atoms with Crippen LogP contribution in [0.1, 0.15) is 18.2 Å². The Morgan fingerprint density at radius 3 is 2.62 bits per heavy atom. The standard InChI is InChI=1S/C17H14BrN3/c1-2-12-3-5-13(6-4-12)17-15(9-10-19)21-11-14(18)7-8-16(21)20-17/h3-8,11H,2,9H2,1H3. The summed E-state index contributed by atoms with van der Waals surface area (Å²) in [5.74, 6) is 0. The van der Waals surface area contributed by atoms with Gasteiger partial charge in [0.2, 0.25) is 0 Å². The van der Waals surface area contributed by atoms with Gasteiger partial charge in [0.15, 0.2) is 0 Å². The molecule has 104 valence electrons. The Hall–Kier alpha value is -2.12. The summed E-state index contributed by atoms with van der Waals surface area (Å²) in [6.07, 6.45) is 3.31. The highest BCUT2D eigenvalue weighted by Crippen LogP contribution is 2.26. The predicted molar refractivity (Wildman–Crippen MR) is 87.0 cm³/mol. The first-order valence-corrected chi connectivity index (χ1v) is 7.65. The molecular formula is C17H14BrN3. The van der Waals surface area contributed by atoms with E-state index in [4.69, 9.17) is 5.26 Å². The highest BCUT2D eigenvalue weighted by atomic mass is 79.9. The van der Waals surface area contributed by atoms with Gasteiger partial charge >= 0.3 is 0 Å². The van der Waals surface area contributed by atoms with Crippen molar-refractivity contribution in [3.05, 3.63) is 58.3 Å². The highest BCUT2D eigenvalue weighted by Gasteiger charge is 2.13. The van der Waals surface area contributed by atoms with Crippen molar-refractivity contribution in [3.8, 4) is 17.3 Å². The Labute approximate surface area is 132 Å². The molecule has 2 aromatic heterocycles. The van der Waals surface area contributed by atoms with Crippen LogP contribution in [-0.2, 0) is 12.8 Å². The topological polar surface area (TPSA) is 41.1 Å². The first-order chi connectivity index (χ1) is 10.2. The van der Waals surface area contributed by atoms with E-state index in [9.17, 15) is 0 Å². The first kappa shape index (κ1) is 13.8. The maximum Gasteiger partial charge on any atom is 0.137 e. The van der Waals surface area contributed by atoms with Gasteiger partial charge in [0.05, 0.1) is 23.9 Å². The molecule has 4 heteroatoms. The van der Waals surface area contributed by atoms with E-state index in [1.54, 1.807) is 0 Å². The van der Waals surface area contributed by atoms with Gasteiger partial charge in [-0.3, -0.25) is 0 Å². The molecule has 0 saturated carbocycles. The molecule has 0 saturated heterocycles. The molecule has 21 heavy (non-hydrogen) atoms. The number of hydrogen-bond donors (Lipinski definition) is 0. The number of benzene rings is 1. The van der Waals surface area contributed by atoms with Gasteiger partial charge in [-0.15, -0.1) is 0 Å². The van der Waals surface area contributed by atoms with E-state index in [0.717, 1.165) is 33.5 Å². The second-order valence-corrected chi connectivity index (χ2v) is 5.78. The zero-order valence-electron chi connectivity index (χ0n) is 11.7. The molecular weight excluding hydrogens is 326 g/mol. The van der Waals surface area contributed by atoms with E-state index in [2.05, 4.69) is 58.2 Å². The average molecular weight is 340 g/mol. The number of halogens is 1. The lowest BCUT2D eigenvalue weighted by Crippen LogP contribution is -1.93. The third-order valence-electron chi connectivity index (χ3n) is 3.56. The summed E-state index contributed by atoms with van der Waals surface area (Å²) in [7, 11) is 0. The second-order valence-electron chi connectivity index (χ2n) is 4.87. The molecule has 2 heterocycles. The first-order valence-electron chi connectivity index (χ1n) is 6.85. The quantitative estimate of drug-likeness (QED) is 0.709. The second kappa shape index (κ2) is 5.71. The van der Waals surface area contributed by atoms with Gasteiger partial charge in [-0.25, -0.2) is 4.98 Å². The van der Waals surface area contributed by atoms with Crippen molar-refractivity contribution >= 4 is 21.6 Å². The molecule has 0 spiro atoms. The van der Waals surface area contributed by atoms with Crippen LogP contribution < -0.4 is 0 Å². The molecule has 0 amide bonds. The van der Waals surface area contributed by atoms with E-state index in [1.807, 2.05) is 22.7 Å². The van der Waals surface area contributed by atoms with E-state index in [0.29, 0.717) is 6.42 Å². The van der Waals surface area contributed by atoms with Crippen molar-refractivity contribution in [2.75, 3.05) is 0 Å². The minimum Gasteiger partial charge on any atom is -0.301 e. The van der Waals surface area contributed by atoms with Gasteiger partial charge in [-0.1, -0.05) is 31.2 Å². The van der Waals surface area contributed by atoms with E-state index in [1.165, 1.54) is 5.56 Å². The van der Waals surface area contributed by atoms with Crippen molar-refractivity contribution < 1.29 is 0 Å². The van der Waals surface area contributed by atoms with Gasteiger partial charge in [0.25, 0.3) is 0 Å². The monoisotopic (exact) mass is 339 g/mol. The molecule has 3 aromatic rings. The summed E-state index contributed by atoms with van der Waals surface area (Å²) >= 11 is 3.47. The van der Waals surface area contributed by atoms with E-state index in [-0.39, 0.29) is 0 Å². The van der Waals surface area contributed by atoms with Crippen molar-refractivity contribution in [1.82, 2.24) is 9.38 Å². The number of rotatable bonds is 3. The zero-order chi connectivity index (χ0) is 14.8. The fourth-order valence-corrected chi connectivity index (χ4v) is 2.78. The number of pyridine rings is 1. The Balaban J connectivity index is 2.20. The number of nitriles is 1. The number of aryl methyl sites for hydroxylation is 1. The molecule has 0 aliphatic heterocycles. The zero-order valence-corrected chi connectivity index (χ0v) is 13.3. The van der Waals surface area contributed by atoms with Crippen molar-refractivity contribution in [3.63, 3.8) is 0 Å². The minimum atomic E-state index is 0.336. The number of imidazole rings is 1. The molecule has 3 nitrogen and oxygen atoms in total. The Bertz CT molecular complexity index is 826. The van der Waals surface area contributed by atoms with Gasteiger partial charge in [-0.05, 0) is 40.0 Å². The fourth-order valence-electron chi connectivity index (χ4n) is 2.44. The van der Waals surface area contributed by atoms with Crippen LogP contribution in [0.25, 0.3) is 16.9 Å². The van der Waals surface area contributed by atoms with Crippen LogP contribution in [0.15, 0.2) is 47.1 Å². The molecule has 0 N–H and O–H groups in total. The van der Waals surface area contributed by atoms with Crippen molar-refractivity contribution in [1.29, 1.82) is 5.26 Å². The summed E-state index contributed by atoms with van der Waals surface area (Å²) in [5.41, 5.74) is 5.03. The fraction of sp³-hybridized carbons (Fsp3) is 0.176. The highest BCUT2D eigenvalue weighted by molar-refractivity contribution is 9.10. The number of nitrogens with zero attached hydrogens (tertiary/aromatic N) is 3. The maximum atomic E-state index is 9.12. The minimum absolute atomic E-state index is 0.336. The largest absolute Gasteiger partial charge is 0.301 e. The predicted octanol–water partition coefficient (Wildman–Crippen LogP) is 4.39. The van der Waals surface area contributed by atoms with Crippen LogP contribution in [-0.4, -0.2) is 9.38 Å². The molecule has 0 atom stereocenters. The lowest BCUT2D eigenvalue weighted by Gasteiger charge is -2.03. The van der Waals surface area contributed by atoms with Gasteiger partial charge in [-0.2, -0.15) is 5.26 Å². The normalized spacial score (nSPS) is 10.7. The van der Waals surface area contributed by atoms with Crippen LogP contribution >= 0.6 is 15.9 Å². The lowest BCUT2D eigenvalue weighted by atomic mass is 10.1. The van der Waals surface area contributed by atoms with Gasteiger partial charge in [0.1, 0.15) is 5.65 Å². The van der Waals surface area contributed by atoms with Crippen LogP contribution in [0.5, 0.6) is 0 Å². The molecule has 0 bridgehead atoms. The van der Waals surface area contributed by atoms with Crippen molar-refractivity contribution in [2.24, 2.45) is 0 Å². The summed E-state index contributed by atoms with van der Waals surface area (Å²) in [5, 5.41) is 9.12. The summed E-state index contributed by atoms with van der Waals surface area (Å²) in [6.45, 7) is 2.14. The third-order valence-corrected chi connectivity index (χ3v) is 4.03. The van der Waals surface area contributed by atoms with Crippen LogP contribution in [0.2, 0.25) is 0 Å². The third kappa shape index (κ3) is 2.57.